The van der Waals surface area contributed by atoms with Crippen molar-refractivity contribution in [1.29, 1.82) is 5.26 Å². The molecule has 3 heteroatoms. The average molecular weight is 86.1 g/mol. The van der Waals surface area contributed by atoms with Gasteiger partial charge < -0.3 is 0 Å². The van der Waals surface area contributed by atoms with Crippen LogP contribution < -0.4 is 0 Å². The van der Waals surface area contributed by atoms with Gasteiger partial charge in [0.2, 0.25) is 6.19 Å². The Morgan fingerprint density at radius 3 is 2.50 bits per heavy atom. The van der Waals surface area contributed by atoms with Crippen LogP contribution in [0.2, 0.25) is 0 Å². The van der Waals surface area contributed by atoms with Crippen molar-refractivity contribution in [1.82, 2.24) is 5.06 Å². The molecule has 0 unspecified atom stereocenters. The molecule has 0 saturated carbocycles. The molecule has 0 aliphatic carbocycles. The van der Waals surface area contributed by atoms with Crippen molar-refractivity contribution in [2.45, 2.75) is 6.92 Å². The molecule has 0 amide bonds. The van der Waals surface area contributed by atoms with Crippen LogP contribution in [0.25, 0.3) is 0 Å². The highest BCUT2D eigenvalue weighted by Gasteiger charge is 1.81. The fourth-order valence-corrected chi connectivity index (χ4v) is 0.0707. The maximum atomic E-state index is 8.14. The molecule has 0 rings (SSSR count). The standard InChI is InChI=1S/C3H6N2O/c1-2-5(6)3-4/h6H,2H2,1H3. The van der Waals surface area contributed by atoms with E-state index in [9.17, 15) is 0 Å². The molecule has 0 aliphatic rings. The molecule has 34 valence electrons. The van der Waals surface area contributed by atoms with Gasteiger partial charge >= 0.3 is 0 Å². The molecule has 0 aromatic heterocycles. The second-order valence-electron chi connectivity index (χ2n) is 0.816. The summed E-state index contributed by atoms with van der Waals surface area (Å²) >= 11 is 0. The monoisotopic (exact) mass is 86.0 g/mol. The molecule has 3 nitrogen and oxygen atoms in total. The number of nitriles is 1. The molecule has 0 saturated heterocycles. The lowest BCUT2D eigenvalue weighted by Crippen LogP contribution is -2.09. The lowest BCUT2D eigenvalue weighted by atomic mass is 10.8. The number of hydroxylamine groups is 2. The Morgan fingerprint density at radius 2 is 2.50 bits per heavy atom. The summed E-state index contributed by atoms with van der Waals surface area (Å²) in [6.45, 7) is 2.04. The van der Waals surface area contributed by atoms with Crippen molar-refractivity contribution in [2.24, 2.45) is 0 Å². The predicted octanol–water partition coefficient (Wildman–Crippen LogP) is 0.179. The SMILES string of the molecule is CCN(O)C#N. The summed E-state index contributed by atoms with van der Waals surface area (Å²) < 4.78 is 0. The van der Waals surface area contributed by atoms with E-state index >= 15 is 0 Å². The van der Waals surface area contributed by atoms with E-state index in [2.05, 4.69) is 0 Å². The number of hydrogen-bond acceptors (Lipinski definition) is 3. The van der Waals surface area contributed by atoms with Gasteiger partial charge in [0.15, 0.2) is 0 Å². The summed E-state index contributed by atoms with van der Waals surface area (Å²) in [6, 6.07) is 0. The molecular formula is C3H6N2O. The Hall–Kier alpha value is -0.750. The third kappa shape index (κ3) is 1.56. The van der Waals surface area contributed by atoms with Gasteiger partial charge in [-0.15, -0.1) is 0 Å². The summed E-state index contributed by atoms with van der Waals surface area (Å²) in [6.07, 6.45) is 1.50. The molecule has 0 radical (unpaired) electrons. The Balaban J connectivity index is 3.04. The third-order valence-electron chi connectivity index (χ3n) is 0.415. The topological polar surface area (TPSA) is 47.3 Å². The van der Waals surface area contributed by atoms with E-state index in [0.29, 0.717) is 11.6 Å². The average Bonchev–Trinajstić information content (AvgIpc) is 1.65. The van der Waals surface area contributed by atoms with Gasteiger partial charge in [0, 0.05) is 0 Å². The molecule has 0 atom stereocenters. The van der Waals surface area contributed by atoms with Gasteiger partial charge in [0.05, 0.1) is 6.54 Å². The van der Waals surface area contributed by atoms with Crippen molar-refractivity contribution < 1.29 is 5.21 Å². The summed E-state index contributed by atoms with van der Waals surface area (Å²) in [4.78, 5) is 0. The lowest BCUT2D eigenvalue weighted by Gasteiger charge is -1.96. The molecule has 0 aliphatic heterocycles. The van der Waals surface area contributed by atoms with Crippen molar-refractivity contribution >= 4 is 0 Å². The van der Waals surface area contributed by atoms with Crippen LogP contribution in [-0.2, 0) is 0 Å². The Morgan fingerprint density at radius 1 is 2.00 bits per heavy atom. The minimum Gasteiger partial charge on any atom is -0.279 e. The normalized spacial score (nSPS) is 6.83. The van der Waals surface area contributed by atoms with E-state index in [1.807, 2.05) is 0 Å². The third-order valence-corrected chi connectivity index (χ3v) is 0.415. The minimum absolute atomic E-state index is 0.358. The van der Waals surface area contributed by atoms with E-state index in [0.717, 1.165) is 0 Å². The van der Waals surface area contributed by atoms with Crippen LogP contribution >= 0.6 is 0 Å². The van der Waals surface area contributed by atoms with E-state index in [1.54, 1.807) is 6.92 Å². The van der Waals surface area contributed by atoms with Gasteiger partial charge in [-0.25, -0.2) is 0 Å². The molecule has 6 heavy (non-hydrogen) atoms. The molecule has 1 N–H and O–H groups in total. The zero-order chi connectivity index (χ0) is 4.99. The Bertz CT molecular complexity index is 65.7. The fraction of sp³-hybridized carbons (Fsp3) is 0.667. The van der Waals surface area contributed by atoms with E-state index in [4.69, 9.17) is 10.5 Å². The summed E-state index contributed by atoms with van der Waals surface area (Å²) in [5.41, 5.74) is 0. The summed E-state index contributed by atoms with van der Waals surface area (Å²) in [5, 5.41) is 16.5. The van der Waals surface area contributed by atoms with Gasteiger partial charge in [0.1, 0.15) is 0 Å². The first-order valence-corrected chi connectivity index (χ1v) is 1.67. The molecule has 0 fully saturated rings. The predicted molar refractivity (Wildman–Crippen MR) is 19.8 cm³/mol. The van der Waals surface area contributed by atoms with Crippen LogP contribution in [0.1, 0.15) is 6.92 Å². The molecular weight excluding hydrogens is 80.0 g/mol. The van der Waals surface area contributed by atoms with Gasteiger partial charge in [-0.2, -0.15) is 10.3 Å². The quantitative estimate of drug-likeness (QED) is 0.281. The van der Waals surface area contributed by atoms with Crippen molar-refractivity contribution in [3.8, 4) is 6.19 Å². The first kappa shape index (κ1) is 5.25. The maximum absolute atomic E-state index is 8.14. The van der Waals surface area contributed by atoms with E-state index in [1.165, 1.54) is 6.19 Å². The highest BCUT2D eigenvalue weighted by Crippen LogP contribution is 1.68. The van der Waals surface area contributed by atoms with E-state index in [-0.39, 0.29) is 0 Å². The van der Waals surface area contributed by atoms with Crippen LogP contribution in [0.5, 0.6) is 0 Å². The molecule has 0 bridgehead atoms. The van der Waals surface area contributed by atoms with Gasteiger partial charge in [-0.1, -0.05) is 0 Å². The van der Waals surface area contributed by atoms with Gasteiger partial charge in [0.25, 0.3) is 0 Å². The van der Waals surface area contributed by atoms with Crippen LogP contribution in [0.4, 0.5) is 0 Å². The van der Waals surface area contributed by atoms with Crippen LogP contribution in [0.3, 0.4) is 0 Å². The van der Waals surface area contributed by atoms with Gasteiger partial charge in [-0.05, 0) is 6.92 Å². The largest absolute Gasteiger partial charge is 0.279 e. The van der Waals surface area contributed by atoms with E-state index < -0.39 is 0 Å². The number of rotatable bonds is 1. The molecule has 0 aromatic carbocycles. The van der Waals surface area contributed by atoms with Crippen molar-refractivity contribution in [2.75, 3.05) is 6.54 Å². The first-order valence-electron chi connectivity index (χ1n) is 1.67. The molecule has 0 heterocycles. The smallest absolute Gasteiger partial charge is 0.205 e. The van der Waals surface area contributed by atoms with Crippen LogP contribution in [-0.4, -0.2) is 16.8 Å². The lowest BCUT2D eigenvalue weighted by molar-refractivity contribution is -0.0253. The fourth-order valence-electron chi connectivity index (χ4n) is 0.0707. The van der Waals surface area contributed by atoms with Gasteiger partial charge in [-0.3, -0.25) is 5.21 Å². The second-order valence-corrected chi connectivity index (χ2v) is 0.816. The molecule has 0 spiro atoms. The minimum atomic E-state index is 0.358. The Labute approximate surface area is 36.4 Å². The maximum Gasteiger partial charge on any atom is 0.205 e. The molecule has 0 aromatic rings. The highest BCUT2D eigenvalue weighted by atomic mass is 16.5. The van der Waals surface area contributed by atoms with Crippen molar-refractivity contribution in [3.05, 3.63) is 0 Å². The van der Waals surface area contributed by atoms with Crippen LogP contribution in [0, 0.1) is 11.5 Å². The number of nitrogens with zero attached hydrogens (tertiary/aromatic N) is 2. The zero-order valence-corrected chi connectivity index (χ0v) is 3.55. The number of hydrogen-bond donors (Lipinski definition) is 1. The highest BCUT2D eigenvalue weighted by molar-refractivity contribution is 4.58. The summed E-state index contributed by atoms with van der Waals surface area (Å²) in [5.74, 6) is 0. The van der Waals surface area contributed by atoms with Crippen molar-refractivity contribution in [3.63, 3.8) is 0 Å². The van der Waals surface area contributed by atoms with Crippen LogP contribution in [0.15, 0.2) is 0 Å². The second kappa shape index (κ2) is 2.49. The summed E-state index contributed by atoms with van der Waals surface area (Å²) in [7, 11) is 0. The Kier molecular flexibility index (Phi) is 2.17. The first-order chi connectivity index (χ1) is 2.81. The zero-order valence-electron chi connectivity index (χ0n) is 3.55.